The smallest absolute Gasteiger partial charge is 0.244 e. The van der Waals surface area contributed by atoms with E-state index in [-0.39, 0.29) is 42.5 Å². The SMILES string of the molecule is Cl.Cl.NC(=O)C1CCCN(Cc2ccc(NC(=O)C3(N)CC3)cc2)C1. The van der Waals surface area contributed by atoms with Gasteiger partial charge in [0.15, 0.2) is 0 Å². The average molecular weight is 389 g/mol. The topological polar surface area (TPSA) is 101 Å². The molecule has 1 aromatic rings. The Kier molecular flexibility index (Phi) is 7.68. The molecule has 1 aliphatic carbocycles. The number of hydrogen-bond acceptors (Lipinski definition) is 4. The number of anilines is 1. The maximum absolute atomic E-state index is 11.9. The molecule has 0 radical (unpaired) electrons. The molecule has 1 heterocycles. The first-order valence-electron chi connectivity index (χ1n) is 8.17. The summed E-state index contributed by atoms with van der Waals surface area (Å²) in [5, 5.41) is 2.86. The third-order valence-electron chi connectivity index (χ3n) is 4.77. The van der Waals surface area contributed by atoms with Crippen LogP contribution in [0.2, 0.25) is 0 Å². The molecule has 0 aromatic heterocycles. The second kappa shape index (κ2) is 8.85. The number of nitrogens with two attached hydrogens (primary N) is 2. The number of likely N-dealkylation sites (tertiary alicyclic amines) is 1. The van der Waals surface area contributed by atoms with Crippen LogP contribution in [0.25, 0.3) is 0 Å². The maximum atomic E-state index is 11.9. The summed E-state index contributed by atoms with van der Waals surface area (Å²) < 4.78 is 0. The van der Waals surface area contributed by atoms with Crippen LogP contribution in [-0.2, 0) is 16.1 Å². The summed E-state index contributed by atoms with van der Waals surface area (Å²) in [6.07, 6.45) is 3.40. The van der Waals surface area contributed by atoms with E-state index >= 15 is 0 Å². The predicted molar refractivity (Wildman–Crippen MR) is 103 cm³/mol. The van der Waals surface area contributed by atoms with Crippen LogP contribution >= 0.6 is 24.8 Å². The maximum Gasteiger partial charge on any atom is 0.244 e. The number of benzene rings is 1. The summed E-state index contributed by atoms with van der Waals surface area (Å²) in [5.41, 5.74) is 12.6. The lowest BCUT2D eigenvalue weighted by Crippen LogP contribution is -2.40. The van der Waals surface area contributed by atoms with Crippen molar-refractivity contribution in [3.05, 3.63) is 29.8 Å². The van der Waals surface area contributed by atoms with Crippen LogP contribution in [0.4, 0.5) is 5.69 Å². The van der Waals surface area contributed by atoms with Gasteiger partial charge in [-0.05, 0) is 49.9 Å². The highest BCUT2D eigenvalue weighted by Crippen LogP contribution is 2.33. The van der Waals surface area contributed by atoms with E-state index in [0.29, 0.717) is 0 Å². The lowest BCUT2D eigenvalue weighted by atomic mass is 9.97. The fourth-order valence-corrected chi connectivity index (χ4v) is 3.00. The number of halogens is 2. The minimum absolute atomic E-state index is 0. The van der Waals surface area contributed by atoms with Crippen LogP contribution in [0.5, 0.6) is 0 Å². The molecule has 140 valence electrons. The summed E-state index contributed by atoms with van der Waals surface area (Å²) in [5.74, 6) is -0.351. The van der Waals surface area contributed by atoms with Crippen molar-refractivity contribution in [2.75, 3.05) is 18.4 Å². The van der Waals surface area contributed by atoms with Crippen molar-refractivity contribution >= 4 is 42.3 Å². The Labute approximate surface area is 160 Å². The van der Waals surface area contributed by atoms with Gasteiger partial charge in [-0.25, -0.2) is 0 Å². The van der Waals surface area contributed by atoms with Gasteiger partial charge in [-0.2, -0.15) is 0 Å². The molecule has 3 rings (SSSR count). The number of piperidine rings is 1. The fraction of sp³-hybridized carbons (Fsp3) is 0.529. The zero-order chi connectivity index (χ0) is 16.4. The number of hydrogen-bond donors (Lipinski definition) is 3. The number of primary amides is 1. The van der Waals surface area contributed by atoms with E-state index in [1.807, 2.05) is 24.3 Å². The summed E-state index contributed by atoms with van der Waals surface area (Å²) in [6, 6.07) is 7.79. The Morgan fingerprint density at radius 3 is 2.40 bits per heavy atom. The van der Waals surface area contributed by atoms with Crippen molar-refractivity contribution in [1.82, 2.24) is 4.90 Å². The Hall–Kier alpha value is -1.34. The first-order chi connectivity index (χ1) is 11.0. The predicted octanol–water partition coefficient (Wildman–Crippen LogP) is 1.66. The van der Waals surface area contributed by atoms with E-state index in [1.165, 1.54) is 0 Å². The molecule has 1 aromatic carbocycles. The van der Waals surface area contributed by atoms with Gasteiger partial charge in [0.2, 0.25) is 11.8 Å². The molecule has 0 bridgehead atoms. The Morgan fingerprint density at radius 2 is 1.84 bits per heavy atom. The van der Waals surface area contributed by atoms with Crippen LogP contribution in [0.3, 0.4) is 0 Å². The second-order valence-corrected chi connectivity index (χ2v) is 6.78. The minimum Gasteiger partial charge on any atom is -0.369 e. The van der Waals surface area contributed by atoms with Gasteiger partial charge in [0.25, 0.3) is 0 Å². The van der Waals surface area contributed by atoms with Gasteiger partial charge < -0.3 is 16.8 Å². The highest BCUT2D eigenvalue weighted by Gasteiger charge is 2.45. The van der Waals surface area contributed by atoms with Gasteiger partial charge in [0.1, 0.15) is 0 Å². The number of rotatable bonds is 5. The van der Waals surface area contributed by atoms with E-state index in [4.69, 9.17) is 11.5 Å². The monoisotopic (exact) mass is 388 g/mol. The van der Waals surface area contributed by atoms with E-state index < -0.39 is 5.54 Å². The third-order valence-corrected chi connectivity index (χ3v) is 4.77. The van der Waals surface area contributed by atoms with Gasteiger partial charge in [-0.3, -0.25) is 14.5 Å². The van der Waals surface area contributed by atoms with Gasteiger partial charge in [-0.1, -0.05) is 12.1 Å². The van der Waals surface area contributed by atoms with E-state index in [9.17, 15) is 9.59 Å². The molecule has 2 fully saturated rings. The molecule has 25 heavy (non-hydrogen) atoms. The highest BCUT2D eigenvalue weighted by molar-refractivity contribution is 6.00. The van der Waals surface area contributed by atoms with Gasteiger partial charge in [0, 0.05) is 18.8 Å². The molecule has 1 aliphatic heterocycles. The first-order valence-corrected chi connectivity index (χ1v) is 8.17. The lowest BCUT2D eigenvalue weighted by molar-refractivity contribution is -0.123. The molecule has 1 saturated carbocycles. The first kappa shape index (κ1) is 21.7. The number of carbonyl (C=O) groups is 2. The molecule has 2 amide bonds. The van der Waals surface area contributed by atoms with Crippen LogP contribution in [0, 0.1) is 5.92 Å². The molecule has 2 aliphatic rings. The largest absolute Gasteiger partial charge is 0.369 e. The molecule has 1 unspecified atom stereocenters. The molecule has 5 N–H and O–H groups in total. The Balaban J connectivity index is 0.00000156. The van der Waals surface area contributed by atoms with E-state index in [0.717, 1.165) is 56.6 Å². The highest BCUT2D eigenvalue weighted by atomic mass is 35.5. The van der Waals surface area contributed by atoms with Crippen LogP contribution in [-0.4, -0.2) is 35.3 Å². The van der Waals surface area contributed by atoms with Crippen molar-refractivity contribution in [1.29, 1.82) is 0 Å². The van der Waals surface area contributed by atoms with Crippen molar-refractivity contribution in [2.24, 2.45) is 17.4 Å². The number of nitrogens with one attached hydrogen (secondary N) is 1. The molecule has 6 nitrogen and oxygen atoms in total. The van der Waals surface area contributed by atoms with Crippen molar-refractivity contribution in [2.45, 2.75) is 37.8 Å². The summed E-state index contributed by atoms with van der Waals surface area (Å²) in [4.78, 5) is 25.5. The number of amides is 2. The molecular formula is C17H26Cl2N4O2. The molecular weight excluding hydrogens is 363 g/mol. The zero-order valence-corrected chi connectivity index (χ0v) is 15.7. The zero-order valence-electron chi connectivity index (χ0n) is 14.1. The standard InChI is InChI=1S/C17H24N4O2.2ClH/c18-15(22)13-2-1-9-21(11-13)10-12-3-5-14(6-4-12)20-16(23)17(19)7-8-17;;/h3-6,13H,1-2,7-11,19H2,(H2,18,22)(H,20,23);2*1H. The van der Waals surface area contributed by atoms with Crippen molar-refractivity contribution < 1.29 is 9.59 Å². The number of carbonyl (C=O) groups excluding carboxylic acids is 2. The molecule has 1 atom stereocenters. The third kappa shape index (κ3) is 5.57. The normalized spacial score (nSPS) is 21.4. The quantitative estimate of drug-likeness (QED) is 0.713. The second-order valence-electron chi connectivity index (χ2n) is 6.78. The van der Waals surface area contributed by atoms with Crippen LogP contribution in [0.15, 0.2) is 24.3 Å². The van der Waals surface area contributed by atoms with Gasteiger partial charge in [-0.15, -0.1) is 24.8 Å². The Bertz CT molecular complexity index is 605. The minimum atomic E-state index is -0.657. The van der Waals surface area contributed by atoms with Crippen molar-refractivity contribution in [3.63, 3.8) is 0 Å². The van der Waals surface area contributed by atoms with Crippen LogP contribution < -0.4 is 16.8 Å². The number of nitrogens with zero attached hydrogens (tertiary/aromatic N) is 1. The fourth-order valence-electron chi connectivity index (χ4n) is 3.00. The molecule has 0 spiro atoms. The van der Waals surface area contributed by atoms with E-state index in [2.05, 4.69) is 10.2 Å². The summed E-state index contributed by atoms with van der Waals surface area (Å²) in [6.45, 7) is 2.50. The van der Waals surface area contributed by atoms with Gasteiger partial charge >= 0.3 is 0 Å². The molecule has 1 saturated heterocycles. The van der Waals surface area contributed by atoms with E-state index in [1.54, 1.807) is 0 Å². The summed E-state index contributed by atoms with van der Waals surface area (Å²) >= 11 is 0. The Morgan fingerprint density at radius 1 is 1.20 bits per heavy atom. The average Bonchev–Trinajstić information content (AvgIpc) is 3.29. The van der Waals surface area contributed by atoms with Crippen LogP contribution in [0.1, 0.15) is 31.2 Å². The molecule has 8 heteroatoms. The summed E-state index contributed by atoms with van der Waals surface area (Å²) in [7, 11) is 0. The lowest BCUT2D eigenvalue weighted by Gasteiger charge is -2.31. The van der Waals surface area contributed by atoms with Crippen molar-refractivity contribution in [3.8, 4) is 0 Å². The van der Waals surface area contributed by atoms with Gasteiger partial charge in [0.05, 0.1) is 11.5 Å².